The molecular weight excluding hydrogens is 330 g/mol. The summed E-state index contributed by atoms with van der Waals surface area (Å²) >= 11 is 0. The Hall–Kier alpha value is -2.69. The van der Waals surface area contributed by atoms with Crippen LogP contribution in [0.5, 0.6) is 17.2 Å². The molecule has 140 valence electrons. The van der Waals surface area contributed by atoms with Crippen molar-refractivity contribution in [2.45, 2.75) is 32.8 Å². The van der Waals surface area contributed by atoms with Crippen molar-refractivity contribution in [1.82, 2.24) is 5.32 Å². The molecule has 2 aromatic carbocycles. The lowest BCUT2D eigenvalue weighted by molar-refractivity contribution is -0.128. The number of rotatable bonds is 9. The van der Waals surface area contributed by atoms with Crippen molar-refractivity contribution in [2.75, 3.05) is 20.8 Å². The van der Waals surface area contributed by atoms with Gasteiger partial charge in [0, 0.05) is 6.54 Å². The number of nitrogens with one attached hydrogen (secondary N) is 1. The Morgan fingerprint density at radius 2 is 1.73 bits per heavy atom. The minimum Gasteiger partial charge on any atom is -0.493 e. The van der Waals surface area contributed by atoms with Crippen LogP contribution in [0.3, 0.4) is 0 Å². The number of carbonyl (C=O) groups excluding carboxylic acids is 1. The van der Waals surface area contributed by atoms with Gasteiger partial charge in [0.15, 0.2) is 17.6 Å². The summed E-state index contributed by atoms with van der Waals surface area (Å²) in [5.41, 5.74) is 2.22. The highest BCUT2D eigenvalue weighted by atomic mass is 16.5. The molecule has 0 saturated heterocycles. The van der Waals surface area contributed by atoms with Crippen molar-refractivity contribution >= 4 is 5.91 Å². The third kappa shape index (κ3) is 5.41. The second-order valence-corrected chi connectivity index (χ2v) is 6.06. The van der Waals surface area contributed by atoms with Crippen molar-refractivity contribution in [3.8, 4) is 17.2 Å². The van der Waals surface area contributed by atoms with Gasteiger partial charge in [-0.2, -0.15) is 0 Å². The number of hydrogen-bond acceptors (Lipinski definition) is 4. The molecule has 0 aliphatic heterocycles. The van der Waals surface area contributed by atoms with Gasteiger partial charge in [-0.3, -0.25) is 4.79 Å². The van der Waals surface area contributed by atoms with E-state index in [1.807, 2.05) is 56.3 Å². The zero-order valence-electron chi connectivity index (χ0n) is 15.9. The first kappa shape index (κ1) is 19.6. The summed E-state index contributed by atoms with van der Waals surface area (Å²) in [6.07, 6.45) is 0.812. The van der Waals surface area contributed by atoms with Crippen LogP contribution in [0.15, 0.2) is 42.5 Å². The molecule has 5 heteroatoms. The van der Waals surface area contributed by atoms with Crippen LogP contribution >= 0.6 is 0 Å². The normalized spacial score (nSPS) is 11.5. The number of benzene rings is 2. The summed E-state index contributed by atoms with van der Waals surface area (Å²) in [5.74, 6) is 1.98. The van der Waals surface area contributed by atoms with E-state index >= 15 is 0 Å². The van der Waals surface area contributed by atoms with Crippen LogP contribution in [0, 0.1) is 6.92 Å². The summed E-state index contributed by atoms with van der Waals surface area (Å²) in [7, 11) is 3.22. The summed E-state index contributed by atoms with van der Waals surface area (Å²) in [5, 5.41) is 2.94. The Balaban J connectivity index is 1.87. The number of hydrogen-bond donors (Lipinski definition) is 1. The molecule has 5 nitrogen and oxygen atoms in total. The van der Waals surface area contributed by atoms with Gasteiger partial charge in [0.25, 0.3) is 5.91 Å². The molecule has 1 N–H and O–H groups in total. The lowest BCUT2D eigenvalue weighted by Gasteiger charge is -2.17. The highest BCUT2D eigenvalue weighted by Crippen LogP contribution is 2.27. The van der Waals surface area contributed by atoms with Gasteiger partial charge in [0.1, 0.15) is 5.75 Å². The summed E-state index contributed by atoms with van der Waals surface area (Å²) in [4.78, 5) is 12.4. The predicted molar refractivity (Wildman–Crippen MR) is 102 cm³/mol. The van der Waals surface area contributed by atoms with Crippen molar-refractivity contribution < 1.29 is 19.0 Å². The van der Waals surface area contributed by atoms with E-state index in [4.69, 9.17) is 14.2 Å². The molecule has 26 heavy (non-hydrogen) atoms. The monoisotopic (exact) mass is 357 g/mol. The van der Waals surface area contributed by atoms with Gasteiger partial charge in [-0.1, -0.05) is 30.7 Å². The van der Waals surface area contributed by atoms with Crippen LogP contribution in [0.2, 0.25) is 0 Å². The fourth-order valence-electron chi connectivity index (χ4n) is 2.58. The van der Waals surface area contributed by atoms with E-state index < -0.39 is 6.10 Å². The third-order valence-corrected chi connectivity index (χ3v) is 4.12. The first-order chi connectivity index (χ1) is 12.6. The van der Waals surface area contributed by atoms with E-state index in [-0.39, 0.29) is 5.91 Å². The molecule has 2 aromatic rings. The molecule has 0 saturated carbocycles. The highest BCUT2D eigenvalue weighted by Gasteiger charge is 2.17. The minimum atomic E-state index is -0.497. The number of ether oxygens (including phenoxy) is 3. The molecule has 0 bridgehead atoms. The molecule has 0 aliphatic rings. The molecule has 0 heterocycles. The summed E-state index contributed by atoms with van der Waals surface area (Å²) in [6, 6.07) is 13.5. The fourth-order valence-corrected chi connectivity index (χ4v) is 2.58. The average molecular weight is 357 g/mol. The SMILES string of the molecule is CC[C@@H](Oc1ccc(C)cc1)C(=O)NCCc1ccc(OC)c(OC)c1. The van der Waals surface area contributed by atoms with Crippen LogP contribution in [-0.4, -0.2) is 32.8 Å². The lowest BCUT2D eigenvalue weighted by Crippen LogP contribution is -2.38. The van der Waals surface area contributed by atoms with Crippen LogP contribution in [-0.2, 0) is 11.2 Å². The van der Waals surface area contributed by atoms with Crippen molar-refractivity contribution in [2.24, 2.45) is 0 Å². The van der Waals surface area contributed by atoms with Gasteiger partial charge < -0.3 is 19.5 Å². The van der Waals surface area contributed by atoms with Crippen molar-refractivity contribution in [3.63, 3.8) is 0 Å². The quantitative estimate of drug-likeness (QED) is 0.746. The predicted octanol–water partition coefficient (Wildman–Crippen LogP) is 3.53. The molecule has 2 rings (SSSR count). The van der Waals surface area contributed by atoms with Gasteiger partial charge in [0.2, 0.25) is 0 Å². The van der Waals surface area contributed by atoms with Crippen LogP contribution < -0.4 is 19.5 Å². The Labute approximate surface area is 155 Å². The molecule has 0 aliphatic carbocycles. The van der Waals surface area contributed by atoms with Gasteiger partial charge >= 0.3 is 0 Å². The first-order valence-electron chi connectivity index (χ1n) is 8.79. The Morgan fingerprint density at radius 1 is 1.04 bits per heavy atom. The van der Waals surface area contributed by atoms with Crippen molar-refractivity contribution in [3.05, 3.63) is 53.6 Å². The summed E-state index contributed by atoms with van der Waals surface area (Å²) in [6.45, 7) is 4.48. The second-order valence-electron chi connectivity index (χ2n) is 6.06. The van der Waals surface area contributed by atoms with Gasteiger partial charge in [-0.15, -0.1) is 0 Å². The third-order valence-electron chi connectivity index (χ3n) is 4.12. The largest absolute Gasteiger partial charge is 0.493 e. The highest BCUT2D eigenvalue weighted by molar-refractivity contribution is 5.81. The Bertz CT molecular complexity index is 712. The molecule has 0 aromatic heterocycles. The Morgan fingerprint density at radius 3 is 2.35 bits per heavy atom. The zero-order valence-corrected chi connectivity index (χ0v) is 15.9. The van der Waals surface area contributed by atoms with Crippen LogP contribution in [0.1, 0.15) is 24.5 Å². The van der Waals surface area contributed by atoms with Crippen molar-refractivity contribution in [1.29, 1.82) is 0 Å². The fraction of sp³-hybridized carbons (Fsp3) is 0.381. The number of amides is 1. The molecule has 0 fully saturated rings. The maximum atomic E-state index is 12.4. The van der Waals surface area contributed by atoms with Crippen LogP contribution in [0.4, 0.5) is 0 Å². The molecular formula is C21H27NO4. The Kier molecular flexibility index (Phi) is 7.33. The maximum absolute atomic E-state index is 12.4. The van der Waals surface area contributed by atoms with E-state index in [1.54, 1.807) is 14.2 Å². The maximum Gasteiger partial charge on any atom is 0.261 e. The summed E-state index contributed by atoms with van der Waals surface area (Å²) < 4.78 is 16.3. The average Bonchev–Trinajstić information content (AvgIpc) is 2.67. The van der Waals surface area contributed by atoms with E-state index in [0.717, 1.165) is 11.1 Å². The molecule has 0 radical (unpaired) electrons. The minimum absolute atomic E-state index is 0.103. The van der Waals surface area contributed by atoms with E-state index in [1.165, 1.54) is 0 Å². The number of carbonyl (C=O) groups is 1. The standard InChI is InChI=1S/C21H27NO4/c1-5-18(26-17-9-6-15(2)7-10-17)21(23)22-13-12-16-8-11-19(24-3)20(14-16)25-4/h6-11,14,18H,5,12-13H2,1-4H3,(H,22,23)/t18-/m1/s1. The van der Waals surface area contributed by atoms with Gasteiger partial charge in [0.05, 0.1) is 14.2 Å². The van der Waals surface area contributed by atoms with Gasteiger partial charge in [-0.25, -0.2) is 0 Å². The number of methoxy groups -OCH3 is 2. The zero-order chi connectivity index (χ0) is 18.9. The topological polar surface area (TPSA) is 56.8 Å². The van der Waals surface area contributed by atoms with Gasteiger partial charge in [-0.05, 0) is 49.6 Å². The van der Waals surface area contributed by atoms with E-state index in [9.17, 15) is 4.79 Å². The van der Waals surface area contributed by atoms with Crippen LogP contribution in [0.25, 0.3) is 0 Å². The molecule has 1 amide bonds. The lowest BCUT2D eigenvalue weighted by atomic mass is 10.1. The first-order valence-corrected chi connectivity index (χ1v) is 8.79. The second kappa shape index (κ2) is 9.70. The molecule has 1 atom stereocenters. The van der Waals surface area contributed by atoms with E-state index in [0.29, 0.717) is 36.6 Å². The smallest absolute Gasteiger partial charge is 0.261 e. The molecule has 0 unspecified atom stereocenters. The number of aryl methyl sites for hydroxylation is 1. The molecule has 0 spiro atoms. The van der Waals surface area contributed by atoms with E-state index in [2.05, 4.69) is 5.32 Å².